The van der Waals surface area contributed by atoms with Gasteiger partial charge in [-0.25, -0.2) is 4.79 Å². The first-order chi connectivity index (χ1) is 14.0. The summed E-state index contributed by atoms with van der Waals surface area (Å²) in [6.45, 7) is 3.08. The number of benzene rings is 2. The van der Waals surface area contributed by atoms with Crippen molar-refractivity contribution in [1.29, 1.82) is 0 Å². The van der Waals surface area contributed by atoms with Crippen LogP contribution in [0.5, 0.6) is 5.75 Å². The number of anilines is 1. The van der Waals surface area contributed by atoms with Gasteiger partial charge in [0.15, 0.2) is 11.9 Å². The Labute approximate surface area is 168 Å². The number of alkyl halides is 3. The summed E-state index contributed by atoms with van der Waals surface area (Å²) in [4.78, 5) is 34.8. The largest absolute Gasteiger partial charge is 0.487 e. The van der Waals surface area contributed by atoms with Crippen LogP contribution in [0.15, 0.2) is 42.5 Å². The van der Waals surface area contributed by atoms with Crippen LogP contribution in [0, 0.1) is 10.1 Å². The molecule has 0 aliphatic heterocycles. The fraction of sp³-hybridized carbons (Fsp3) is 0.263. The molecule has 2 aromatic rings. The summed E-state index contributed by atoms with van der Waals surface area (Å²) in [5.41, 5.74) is -1.41. The van der Waals surface area contributed by atoms with Crippen LogP contribution in [-0.2, 0) is 15.7 Å². The highest BCUT2D eigenvalue weighted by Gasteiger charge is 2.30. The minimum Gasteiger partial charge on any atom is -0.487 e. The van der Waals surface area contributed by atoms with Gasteiger partial charge in [-0.05, 0) is 50.2 Å². The number of nitro groups is 1. The summed E-state index contributed by atoms with van der Waals surface area (Å²) in [6, 6.07) is 7.17. The average Bonchev–Trinajstić information content (AvgIpc) is 2.67. The molecule has 0 saturated heterocycles. The Bertz CT molecular complexity index is 944. The Hall–Kier alpha value is -3.63. The SMILES string of the molecule is CCOc1ccc(C(=O)OC(C)C(=O)Nc2ccc(C(F)(F)F)cc2)cc1[N+](=O)[O-]. The average molecular weight is 426 g/mol. The second-order valence-corrected chi connectivity index (χ2v) is 5.98. The van der Waals surface area contributed by atoms with Gasteiger partial charge in [0.1, 0.15) is 0 Å². The Morgan fingerprint density at radius 3 is 2.33 bits per heavy atom. The van der Waals surface area contributed by atoms with E-state index in [1.807, 2.05) is 0 Å². The zero-order valence-electron chi connectivity index (χ0n) is 15.9. The van der Waals surface area contributed by atoms with Crippen LogP contribution in [0.2, 0.25) is 0 Å². The molecule has 8 nitrogen and oxygen atoms in total. The number of nitro benzene ring substituents is 1. The molecule has 11 heteroatoms. The van der Waals surface area contributed by atoms with Crippen molar-refractivity contribution in [2.75, 3.05) is 11.9 Å². The Morgan fingerprint density at radius 1 is 1.17 bits per heavy atom. The van der Waals surface area contributed by atoms with E-state index in [2.05, 4.69) is 5.32 Å². The number of nitrogens with one attached hydrogen (secondary N) is 1. The van der Waals surface area contributed by atoms with Crippen molar-refractivity contribution in [2.24, 2.45) is 0 Å². The first-order valence-corrected chi connectivity index (χ1v) is 8.63. The monoisotopic (exact) mass is 426 g/mol. The van der Waals surface area contributed by atoms with Crippen LogP contribution in [0.25, 0.3) is 0 Å². The maximum atomic E-state index is 12.6. The van der Waals surface area contributed by atoms with E-state index in [0.29, 0.717) is 0 Å². The smallest absolute Gasteiger partial charge is 0.416 e. The van der Waals surface area contributed by atoms with Crippen molar-refractivity contribution >= 4 is 23.3 Å². The number of halogens is 3. The Balaban J connectivity index is 2.05. The van der Waals surface area contributed by atoms with Gasteiger partial charge in [-0.15, -0.1) is 0 Å². The third kappa shape index (κ3) is 5.69. The van der Waals surface area contributed by atoms with Gasteiger partial charge in [0.25, 0.3) is 5.91 Å². The summed E-state index contributed by atoms with van der Waals surface area (Å²) in [5.74, 6) is -1.80. The zero-order chi connectivity index (χ0) is 22.5. The summed E-state index contributed by atoms with van der Waals surface area (Å²) >= 11 is 0. The number of ether oxygens (including phenoxy) is 2. The van der Waals surface area contributed by atoms with Crippen LogP contribution < -0.4 is 10.1 Å². The quantitative estimate of drug-likeness (QED) is 0.404. The molecule has 0 bridgehead atoms. The van der Waals surface area contributed by atoms with Gasteiger partial charge in [0.2, 0.25) is 0 Å². The molecule has 2 aromatic carbocycles. The lowest BCUT2D eigenvalue weighted by Crippen LogP contribution is -2.30. The highest BCUT2D eigenvalue weighted by atomic mass is 19.4. The van der Waals surface area contributed by atoms with E-state index >= 15 is 0 Å². The molecule has 0 spiro atoms. The number of hydrogen-bond acceptors (Lipinski definition) is 6. The third-order valence-corrected chi connectivity index (χ3v) is 3.82. The van der Waals surface area contributed by atoms with Gasteiger partial charge in [0.05, 0.1) is 22.7 Å². The normalized spacial score (nSPS) is 12.0. The number of hydrogen-bond donors (Lipinski definition) is 1. The van der Waals surface area contributed by atoms with Crippen LogP contribution in [-0.4, -0.2) is 29.5 Å². The van der Waals surface area contributed by atoms with Gasteiger partial charge < -0.3 is 14.8 Å². The van der Waals surface area contributed by atoms with E-state index in [4.69, 9.17) is 9.47 Å². The van der Waals surface area contributed by atoms with E-state index in [1.54, 1.807) is 6.92 Å². The topological polar surface area (TPSA) is 108 Å². The second kappa shape index (κ2) is 9.25. The third-order valence-electron chi connectivity index (χ3n) is 3.82. The first-order valence-electron chi connectivity index (χ1n) is 8.63. The zero-order valence-corrected chi connectivity index (χ0v) is 15.9. The molecule has 0 radical (unpaired) electrons. The number of rotatable bonds is 7. The minimum atomic E-state index is -4.51. The van der Waals surface area contributed by atoms with E-state index in [9.17, 15) is 32.9 Å². The molecule has 0 saturated carbocycles. The van der Waals surface area contributed by atoms with Gasteiger partial charge in [0, 0.05) is 11.8 Å². The molecule has 0 aromatic heterocycles. The minimum absolute atomic E-state index is 0.0212. The van der Waals surface area contributed by atoms with Crippen molar-refractivity contribution in [3.05, 3.63) is 63.7 Å². The number of amides is 1. The molecular formula is C19H17F3N2O6. The predicted octanol–water partition coefficient (Wildman–Crippen LogP) is 4.20. The Kier molecular flexibility index (Phi) is 6.98. The lowest BCUT2D eigenvalue weighted by atomic mass is 10.2. The number of carbonyl (C=O) groups excluding carboxylic acids is 2. The maximum Gasteiger partial charge on any atom is 0.416 e. The van der Waals surface area contributed by atoms with Gasteiger partial charge in [-0.3, -0.25) is 14.9 Å². The van der Waals surface area contributed by atoms with Gasteiger partial charge >= 0.3 is 17.8 Å². The number of esters is 1. The molecule has 0 aliphatic rings. The van der Waals surface area contributed by atoms with Crippen molar-refractivity contribution in [3.8, 4) is 5.75 Å². The van der Waals surface area contributed by atoms with Crippen LogP contribution in [0.4, 0.5) is 24.5 Å². The van der Waals surface area contributed by atoms with Crippen molar-refractivity contribution in [3.63, 3.8) is 0 Å². The lowest BCUT2D eigenvalue weighted by Gasteiger charge is -2.14. The molecule has 1 amide bonds. The summed E-state index contributed by atoms with van der Waals surface area (Å²) < 4.78 is 47.8. The van der Waals surface area contributed by atoms with Crippen LogP contribution >= 0.6 is 0 Å². The fourth-order valence-electron chi connectivity index (χ4n) is 2.33. The number of nitrogens with zero attached hydrogens (tertiary/aromatic N) is 1. The van der Waals surface area contributed by atoms with Gasteiger partial charge in [-0.2, -0.15) is 13.2 Å². The van der Waals surface area contributed by atoms with Gasteiger partial charge in [-0.1, -0.05) is 0 Å². The van der Waals surface area contributed by atoms with Crippen molar-refractivity contribution in [2.45, 2.75) is 26.1 Å². The second-order valence-electron chi connectivity index (χ2n) is 5.98. The molecule has 1 atom stereocenters. The lowest BCUT2D eigenvalue weighted by molar-refractivity contribution is -0.385. The standard InChI is InChI=1S/C19H17F3N2O6/c1-3-29-16-9-4-12(10-15(16)24(27)28)18(26)30-11(2)17(25)23-14-7-5-13(6-8-14)19(20,21)22/h4-11H,3H2,1-2H3,(H,23,25). The summed E-state index contributed by atoms with van der Waals surface area (Å²) in [7, 11) is 0. The highest BCUT2D eigenvalue weighted by molar-refractivity contribution is 5.97. The molecule has 0 heterocycles. The maximum absolute atomic E-state index is 12.6. The van der Waals surface area contributed by atoms with Crippen LogP contribution in [0.1, 0.15) is 29.8 Å². The van der Waals surface area contributed by atoms with E-state index in [0.717, 1.165) is 30.3 Å². The van der Waals surface area contributed by atoms with E-state index in [-0.39, 0.29) is 23.6 Å². The molecule has 160 valence electrons. The number of carbonyl (C=O) groups is 2. The molecule has 0 aliphatic carbocycles. The van der Waals surface area contributed by atoms with E-state index < -0.39 is 40.3 Å². The molecular weight excluding hydrogens is 409 g/mol. The van der Waals surface area contributed by atoms with E-state index in [1.165, 1.54) is 19.1 Å². The fourth-order valence-corrected chi connectivity index (χ4v) is 2.33. The highest BCUT2D eigenvalue weighted by Crippen LogP contribution is 2.30. The molecule has 1 unspecified atom stereocenters. The predicted molar refractivity (Wildman–Crippen MR) is 99.2 cm³/mol. The molecule has 30 heavy (non-hydrogen) atoms. The van der Waals surface area contributed by atoms with Crippen molar-refractivity contribution in [1.82, 2.24) is 0 Å². The summed E-state index contributed by atoms with van der Waals surface area (Å²) in [5, 5.41) is 13.5. The molecule has 2 rings (SSSR count). The first kappa shape index (κ1) is 22.7. The Morgan fingerprint density at radius 2 is 1.80 bits per heavy atom. The van der Waals surface area contributed by atoms with Crippen LogP contribution in [0.3, 0.4) is 0 Å². The van der Waals surface area contributed by atoms with Crippen molar-refractivity contribution < 1.29 is 37.2 Å². The summed E-state index contributed by atoms with van der Waals surface area (Å²) in [6.07, 6.45) is -5.82. The molecule has 1 N–H and O–H groups in total. The molecule has 0 fully saturated rings.